The second-order valence-electron chi connectivity index (χ2n) is 10.7. The van der Waals surface area contributed by atoms with Crippen LogP contribution >= 0.6 is 0 Å². The van der Waals surface area contributed by atoms with Crippen LogP contribution in [0.1, 0.15) is 23.6 Å². The largest absolute Gasteiger partial charge is 0.416 e. The molecule has 0 aromatic heterocycles. The third-order valence-corrected chi connectivity index (χ3v) is 9.07. The summed E-state index contributed by atoms with van der Waals surface area (Å²) in [5, 5.41) is 0. The first-order valence-electron chi connectivity index (χ1n) is 13.6. The van der Waals surface area contributed by atoms with E-state index in [1.807, 2.05) is 48.4 Å². The van der Waals surface area contributed by atoms with Crippen molar-refractivity contribution in [3.8, 4) is 11.1 Å². The lowest BCUT2D eigenvalue weighted by molar-refractivity contribution is -0.137. The highest BCUT2D eigenvalue weighted by atomic mass is 32.2. The molecule has 5 rings (SSSR count). The summed E-state index contributed by atoms with van der Waals surface area (Å²) in [6, 6.07) is 25.0. The average Bonchev–Trinajstić information content (AvgIpc) is 2.97. The van der Waals surface area contributed by atoms with Crippen LogP contribution in [-0.2, 0) is 28.2 Å². The van der Waals surface area contributed by atoms with Gasteiger partial charge < -0.3 is 4.90 Å². The zero-order chi connectivity index (χ0) is 30.8. The summed E-state index contributed by atoms with van der Waals surface area (Å²) in [5.41, 5.74) is 0.511. The van der Waals surface area contributed by atoms with E-state index in [1.54, 1.807) is 43.4 Å². The van der Waals surface area contributed by atoms with Crippen LogP contribution in [0.15, 0.2) is 132 Å². The van der Waals surface area contributed by atoms with Gasteiger partial charge >= 0.3 is 6.18 Å². The fourth-order valence-corrected chi connectivity index (χ4v) is 6.99. The molecule has 1 N–H and O–H groups in total. The normalized spacial score (nSPS) is 16.9. The molecule has 1 aliphatic heterocycles. The first kappa shape index (κ1) is 30.3. The van der Waals surface area contributed by atoms with Crippen LogP contribution in [0, 0.1) is 5.82 Å². The highest BCUT2D eigenvalue weighted by molar-refractivity contribution is 7.89. The molecule has 0 bridgehead atoms. The molecule has 0 saturated carbocycles. The van der Waals surface area contributed by atoms with Crippen LogP contribution in [0.5, 0.6) is 0 Å². The molecule has 4 aromatic rings. The van der Waals surface area contributed by atoms with E-state index in [1.165, 1.54) is 36.4 Å². The van der Waals surface area contributed by atoms with Crippen LogP contribution in [0.2, 0.25) is 0 Å². The quantitative estimate of drug-likeness (QED) is 0.209. The van der Waals surface area contributed by atoms with Crippen LogP contribution in [0.3, 0.4) is 0 Å². The third kappa shape index (κ3) is 6.58. The van der Waals surface area contributed by atoms with Gasteiger partial charge in [0, 0.05) is 13.2 Å². The summed E-state index contributed by atoms with van der Waals surface area (Å²) in [6.07, 6.45) is 0.902. The number of sulfonamides is 1. The van der Waals surface area contributed by atoms with Gasteiger partial charge in [0.05, 0.1) is 22.0 Å². The number of likely N-dealkylation sites (N-methyl/N-ethyl adjacent to an activating group) is 1. The molecule has 9 heteroatoms. The summed E-state index contributed by atoms with van der Waals surface area (Å²) in [7, 11) is -2.57. The molecular formula is C34H30F4N2O2S. The Kier molecular flexibility index (Phi) is 8.31. The molecule has 0 fully saturated rings. The Bertz CT molecular complexity index is 1770. The molecule has 0 radical (unpaired) electrons. The van der Waals surface area contributed by atoms with Gasteiger partial charge in [-0.2, -0.15) is 17.9 Å². The molecular weight excluding hydrogens is 576 g/mol. The number of nitrogens with one attached hydrogen (secondary N) is 1. The van der Waals surface area contributed by atoms with Gasteiger partial charge in [0.1, 0.15) is 5.82 Å². The maximum atomic E-state index is 14.3. The Morgan fingerprint density at radius 1 is 0.814 bits per heavy atom. The number of hydrogen-bond acceptors (Lipinski definition) is 3. The van der Waals surface area contributed by atoms with E-state index < -0.39 is 39.2 Å². The van der Waals surface area contributed by atoms with E-state index in [9.17, 15) is 26.0 Å². The summed E-state index contributed by atoms with van der Waals surface area (Å²) in [5.74, 6) is -0.421. The van der Waals surface area contributed by atoms with E-state index in [0.717, 1.165) is 23.3 Å². The van der Waals surface area contributed by atoms with Crippen molar-refractivity contribution in [3.05, 3.63) is 150 Å². The van der Waals surface area contributed by atoms with Gasteiger partial charge in [0.25, 0.3) is 0 Å². The summed E-state index contributed by atoms with van der Waals surface area (Å²) >= 11 is 0. The average molecular weight is 607 g/mol. The summed E-state index contributed by atoms with van der Waals surface area (Å²) in [4.78, 5) is 1.74. The Morgan fingerprint density at radius 2 is 1.49 bits per heavy atom. The molecule has 1 aliphatic rings. The second kappa shape index (κ2) is 11.8. The number of hydrogen-bond donors (Lipinski definition) is 1. The van der Waals surface area contributed by atoms with Crippen LogP contribution in [0.4, 0.5) is 17.6 Å². The fraction of sp³-hybridized carbons (Fsp3) is 0.176. The van der Waals surface area contributed by atoms with E-state index in [0.29, 0.717) is 11.1 Å². The Labute approximate surface area is 249 Å². The van der Waals surface area contributed by atoms with Crippen molar-refractivity contribution in [1.82, 2.24) is 9.62 Å². The standard InChI is InChI=1S/C34H30F4N2O2S/c1-24-14-19-32(40(2)23-24)33(22-25-8-4-3-5-9-25,28-11-7-12-29(21-28)34(36,37)38)39-43(41,42)31-13-6-10-27(20-31)26-15-17-30(35)18-16-26/h3-21,23,32,39H,22H2,1-2H3. The zero-order valence-electron chi connectivity index (χ0n) is 23.5. The first-order valence-corrected chi connectivity index (χ1v) is 15.1. The topological polar surface area (TPSA) is 49.4 Å². The fourth-order valence-electron chi connectivity index (χ4n) is 5.54. The van der Waals surface area contributed by atoms with Gasteiger partial charge in [-0.25, -0.2) is 12.8 Å². The lowest BCUT2D eigenvalue weighted by Crippen LogP contribution is -2.59. The maximum Gasteiger partial charge on any atom is 0.416 e. The molecule has 2 unspecified atom stereocenters. The van der Waals surface area contributed by atoms with Crippen molar-refractivity contribution < 1.29 is 26.0 Å². The van der Waals surface area contributed by atoms with E-state index in [4.69, 9.17) is 0 Å². The van der Waals surface area contributed by atoms with Crippen LogP contribution in [0.25, 0.3) is 11.1 Å². The van der Waals surface area contributed by atoms with E-state index in [-0.39, 0.29) is 16.9 Å². The van der Waals surface area contributed by atoms with Gasteiger partial charge in [-0.05, 0) is 77.6 Å². The van der Waals surface area contributed by atoms with Crippen LogP contribution in [-0.4, -0.2) is 26.4 Å². The lowest BCUT2D eigenvalue weighted by Gasteiger charge is -2.45. The molecule has 4 nitrogen and oxygen atoms in total. The van der Waals surface area contributed by atoms with Crippen molar-refractivity contribution in [3.63, 3.8) is 0 Å². The van der Waals surface area contributed by atoms with Gasteiger partial charge in [-0.15, -0.1) is 0 Å². The molecule has 2 atom stereocenters. The molecule has 4 aromatic carbocycles. The highest BCUT2D eigenvalue weighted by Gasteiger charge is 2.46. The first-order chi connectivity index (χ1) is 20.4. The minimum atomic E-state index is -4.64. The van der Waals surface area contributed by atoms with Crippen molar-refractivity contribution >= 4 is 10.0 Å². The molecule has 1 heterocycles. The Morgan fingerprint density at radius 3 is 2.16 bits per heavy atom. The van der Waals surface area contributed by atoms with E-state index in [2.05, 4.69) is 4.72 Å². The van der Waals surface area contributed by atoms with Crippen molar-refractivity contribution in [2.45, 2.75) is 36.0 Å². The van der Waals surface area contributed by atoms with Gasteiger partial charge in [-0.3, -0.25) is 0 Å². The smallest absolute Gasteiger partial charge is 0.372 e. The van der Waals surface area contributed by atoms with Gasteiger partial charge in [-0.1, -0.05) is 78.9 Å². The SMILES string of the molecule is CC1=CN(C)C(C(Cc2ccccc2)(NS(=O)(=O)c2cccc(-c3ccc(F)cc3)c2)c2cccc(C(F)(F)F)c2)C=C1. The monoisotopic (exact) mass is 606 g/mol. The second-order valence-corrected chi connectivity index (χ2v) is 12.4. The van der Waals surface area contributed by atoms with Crippen LogP contribution < -0.4 is 4.72 Å². The zero-order valence-corrected chi connectivity index (χ0v) is 24.3. The Hall–Kier alpha value is -4.21. The molecule has 0 aliphatic carbocycles. The Balaban J connectivity index is 1.70. The predicted octanol–water partition coefficient (Wildman–Crippen LogP) is 7.70. The van der Waals surface area contributed by atoms with Crippen molar-refractivity contribution in [2.75, 3.05) is 7.05 Å². The summed E-state index contributed by atoms with van der Waals surface area (Å²) in [6.45, 7) is 1.89. The number of allylic oxidation sites excluding steroid dienone is 2. The predicted molar refractivity (Wildman–Crippen MR) is 160 cm³/mol. The van der Waals surface area contributed by atoms with Gasteiger partial charge in [0.15, 0.2) is 0 Å². The maximum absolute atomic E-state index is 14.3. The number of rotatable bonds is 8. The third-order valence-electron chi connectivity index (χ3n) is 7.56. The number of benzene rings is 4. The molecule has 222 valence electrons. The molecule has 0 spiro atoms. The number of nitrogens with zero attached hydrogens (tertiary/aromatic N) is 1. The number of halogens is 4. The van der Waals surface area contributed by atoms with Crippen molar-refractivity contribution in [1.29, 1.82) is 0 Å². The van der Waals surface area contributed by atoms with Crippen molar-refractivity contribution in [2.24, 2.45) is 0 Å². The minimum Gasteiger partial charge on any atom is -0.372 e. The highest BCUT2D eigenvalue weighted by Crippen LogP contribution is 2.39. The molecule has 0 amide bonds. The lowest BCUT2D eigenvalue weighted by atomic mass is 9.76. The molecule has 0 saturated heterocycles. The van der Waals surface area contributed by atoms with E-state index >= 15 is 0 Å². The summed E-state index contributed by atoms with van der Waals surface area (Å²) < 4.78 is 87.0. The number of alkyl halides is 3. The molecule has 43 heavy (non-hydrogen) atoms. The van der Waals surface area contributed by atoms with Gasteiger partial charge in [0.2, 0.25) is 10.0 Å². The minimum absolute atomic E-state index is 0.0538.